The van der Waals surface area contributed by atoms with Crippen LogP contribution >= 0.6 is 11.3 Å². The first-order valence-corrected chi connectivity index (χ1v) is 18.5. The third kappa shape index (κ3) is 5.45. The van der Waals surface area contributed by atoms with Crippen molar-refractivity contribution in [1.29, 1.82) is 0 Å². The monoisotopic (exact) mass is 662 g/mol. The van der Waals surface area contributed by atoms with E-state index in [0.717, 1.165) is 29.9 Å². The van der Waals surface area contributed by atoms with Crippen LogP contribution in [0.15, 0.2) is 182 Å². The van der Waals surface area contributed by atoms with Crippen LogP contribution in [0.3, 0.4) is 0 Å². The first-order valence-electron chi connectivity index (χ1n) is 17.6. The Hall–Kier alpha value is -5.64. The first-order chi connectivity index (χ1) is 24.8. The van der Waals surface area contributed by atoms with Crippen molar-refractivity contribution in [2.45, 2.75) is 31.1 Å². The SMILES string of the molecule is c1ccc(N(c2ccccc2)c2ccc(C3(c4ccc(N(c5ccccc5)c5ccc6sc7ccccc7c6c5)cc4)CCCC3)cc2)cc1. The van der Waals surface area contributed by atoms with Gasteiger partial charge in [-0.05, 0) is 109 Å². The van der Waals surface area contributed by atoms with Crippen LogP contribution in [-0.4, -0.2) is 0 Å². The Morgan fingerprint density at radius 1 is 0.360 bits per heavy atom. The molecule has 0 unspecified atom stereocenters. The molecule has 0 saturated heterocycles. The lowest BCUT2D eigenvalue weighted by Gasteiger charge is -2.33. The van der Waals surface area contributed by atoms with E-state index in [0.29, 0.717) is 0 Å². The van der Waals surface area contributed by atoms with Gasteiger partial charge in [-0.2, -0.15) is 0 Å². The number of para-hydroxylation sites is 3. The molecule has 0 aliphatic heterocycles. The molecule has 0 amide bonds. The normalized spacial score (nSPS) is 13.8. The van der Waals surface area contributed by atoms with Crippen molar-refractivity contribution in [1.82, 2.24) is 0 Å². The van der Waals surface area contributed by atoms with E-state index in [1.807, 2.05) is 11.3 Å². The first kappa shape index (κ1) is 30.4. The molecule has 50 heavy (non-hydrogen) atoms. The summed E-state index contributed by atoms with van der Waals surface area (Å²) < 4.78 is 2.65. The van der Waals surface area contributed by atoms with E-state index in [1.165, 1.54) is 61.2 Å². The van der Waals surface area contributed by atoms with Crippen molar-refractivity contribution in [2.24, 2.45) is 0 Å². The molecule has 1 saturated carbocycles. The average Bonchev–Trinajstić information content (AvgIpc) is 3.83. The van der Waals surface area contributed by atoms with Crippen LogP contribution in [0, 0.1) is 0 Å². The molecule has 1 aliphatic carbocycles. The minimum absolute atomic E-state index is 0.00740. The molecule has 1 heterocycles. The average molecular weight is 663 g/mol. The Bertz CT molecular complexity index is 2320. The molecule has 1 aromatic heterocycles. The number of rotatable bonds is 8. The Balaban J connectivity index is 1.08. The van der Waals surface area contributed by atoms with E-state index in [9.17, 15) is 0 Å². The highest BCUT2D eigenvalue weighted by Crippen LogP contribution is 2.48. The molecule has 0 spiro atoms. The zero-order valence-corrected chi connectivity index (χ0v) is 28.8. The number of fused-ring (bicyclic) bond motifs is 3. The van der Waals surface area contributed by atoms with Gasteiger partial charge in [0, 0.05) is 59.7 Å². The van der Waals surface area contributed by atoms with Gasteiger partial charge >= 0.3 is 0 Å². The second kappa shape index (κ2) is 13.0. The summed E-state index contributed by atoms with van der Waals surface area (Å²) in [5.41, 5.74) is 9.81. The fraction of sp³-hybridized carbons (Fsp3) is 0.106. The van der Waals surface area contributed by atoms with Crippen molar-refractivity contribution in [3.8, 4) is 0 Å². The molecule has 2 nitrogen and oxygen atoms in total. The molecule has 7 aromatic carbocycles. The zero-order valence-electron chi connectivity index (χ0n) is 28.0. The maximum absolute atomic E-state index is 2.40. The Morgan fingerprint density at radius 2 is 0.760 bits per heavy atom. The Labute approximate surface area is 298 Å². The molecule has 0 atom stereocenters. The summed E-state index contributed by atoms with van der Waals surface area (Å²) in [4.78, 5) is 4.74. The van der Waals surface area contributed by atoms with E-state index in [2.05, 4.69) is 192 Å². The van der Waals surface area contributed by atoms with Crippen molar-refractivity contribution in [3.05, 3.63) is 193 Å². The second-order valence-electron chi connectivity index (χ2n) is 13.3. The molecule has 0 bridgehead atoms. The predicted molar refractivity (Wildman–Crippen MR) is 214 cm³/mol. The number of hydrogen-bond donors (Lipinski definition) is 0. The fourth-order valence-corrected chi connectivity index (χ4v) is 9.15. The van der Waals surface area contributed by atoms with Crippen LogP contribution in [0.5, 0.6) is 0 Å². The van der Waals surface area contributed by atoms with Gasteiger partial charge in [0.25, 0.3) is 0 Å². The van der Waals surface area contributed by atoms with Gasteiger partial charge in [0.2, 0.25) is 0 Å². The van der Waals surface area contributed by atoms with E-state index in [4.69, 9.17) is 0 Å². The maximum Gasteiger partial charge on any atom is 0.0468 e. The van der Waals surface area contributed by atoms with Gasteiger partial charge in [-0.3, -0.25) is 0 Å². The van der Waals surface area contributed by atoms with Crippen LogP contribution < -0.4 is 9.80 Å². The summed E-state index contributed by atoms with van der Waals surface area (Å²) in [6.45, 7) is 0. The second-order valence-corrected chi connectivity index (χ2v) is 14.4. The quantitative estimate of drug-likeness (QED) is 0.160. The molecular formula is C47H38N2S. The van der Waals surface area contributed by atoms with Gasteiger partial charge in [0.15, 0.2) is 0 Å². The van der Waals surface area contributed by atoms with Gasteiger partial charge in [-0.1, -0.05) is 110 Å². The molecule has 9 rings (SSSR count). The molecular weight excluding hydrogens is 625 g/mol. The molecule has 1 aliphatic rings. The maximum atomic E-state index is 2.40. The topological polar surface area (TPSA) is 6.48 Å². The predicted octanol–water partition coefficient (Wildman–Crippen LogP) is 13.9. The summed E-state index contributed by atoms with van der Waals surface area (Å²) in [6, 6.07) is 66.6. The lowest BCUT2D eigenvalue weighted by molar-refractivity contribution is 0.535. The number of hydrogen-bond acceptors (Lipinski definition) is 3. The molecule has 8 aromatic rings. The highest BCUT2D eigenvalue weighted by Gasteiger charge is 2.37. The van der Waals surface area contributed by atoms with Crippen LogP contribution in [0.2, 0.25) is 0 Å². The lowest BCUT2D eigenvalue weighted by Crippen LogP contribution is -2.24. The summed E-state index contributed by atoms with van der Waals surface area (Å²) in [7, 11) is 0. The molecule has 3 heteroatoms. The largest absolute Gasteiger partial charge is 0.311 e. The summed E-state index contributed by atoms with van der Waals surface area (Å²) >= 11 is 1.87. The van der Waals surface area contributed by atoms with Gasteiger partial charge in [-0.15, -0.1) is 11.3 Å². The molecule has 0 radical (unpaired) electrons. The van der Waals surface area contributed by atoms with Crippen LogP contribution in [0.1, 0.15) is 36.8 Å². The third-order valence-electron chi connectivity index (χ3n) is 10.5. The van der Waals surface area contributed by atoms with E-state index < -0.39 is 0 Å². The van der Waals surface area contributed by atoms with Crippen LogP contribution in [0.4, 0.5) is 34.1 Å². The van der Waals surface area contributed by atoms with Crippen molar-refractivity contribution in [2.75, 3.05) is 9.80 Å². The number of anilines is 6. The fourth-order valence-electron chi connectivity index (χ4n) is 8.06. The zero-order chi connectivity index (χ0) is 33.3. The summed E-state index contributed by atoms with van der Waals surface area (Å²) in [6.07, 6.45) is 4.82. The van der Waals surface area contributed by atoms with Crippen molar-refractivity contribution >= 4 is 65.6 Å². The van der Waals surface area contributed by atoms with E-state index >= 15 is 0 Å². The van der Waals surface area contributed by atoms with Crippen molar-refractivity contribution in [3.63, 3.8) is 0 Å². The highest BCUT2D eigenvalue weighted by molar-refractivity contribution is 7.25. The standard InChI is InChI=1S/C47H38N2S/c1-4-14-37(15-5-1)48(38-16-6-2-7-17-38)40-26-22-35(23-27-40)47(32-12-13-33-47)36-24-28-41(29-25-36)49(39-18-8-3-9-19-39)42-30-31-46-44(34-42)43-20-10-11-21-45(43)50-46/h1-11,14-31,34H,12-13,32-33H2. The Kier molecular flexibility index (Phi) is 7.91. The lowest BCUT2D eigenvalue weighted by atomic mass is 9.73. The molecule has 242 valence electrons. The van der Waals surface area contributed by atoms with Gasteiger partial charge in [0.05, 0.1) is 0 Å². The highest BCUT2D eigenvalue weighted by atomic mass is 32.1. The number of thiophene rings is 1. The minimum atomic E-state index is 0.00740. The van der Waals surface area contributed by atoms with Crippen LogP contribution in [-0.2, 0) is 5.41 Å². The van der Waals surface area contributed by atoms with Gasteiger partial charge in [0.1, 0.15) is 0 Å². The number of nitrogens with zero attached hydrogens (tertiary/aromatic N) is 2. The van der Waals surface area contributed by atoms with Gasteiger partial charge < -0.3 is 9.80 Å². The van der Waals surface area contributed by atoms with Crippen LogP contribution in [0.25, 0.3) is 20.2 Å². The summed E-state index contributed by atoms with van der Waals surface area (Å²) in [5.74, 6) is 0. The van der Waals surface area contributed by atoms with Crippen molar-refractivity contribution < 1.29 is 0 Å². The minimum Gasteiger partial charge on any atom is -0.311 e. The third-order valence-corrected chi connectivity index (χ3v) is 11.6. The smallest absolute Gasteiger partial charge is 0.0468 e. The summed E-state index contributed by atoms with van der Waals surface area (Å²) in [5, 5.41) is 2.63. The molecule has 0 N–H and O–H groups in total. The molecule has 1 fully saturated rings. The van der Waals surface area contributed by atoms with E-state index in [1.54, 1.807) is 0 Å². The number of benzene rings is 7. The van der Waals surface area contributed by atoms with E-state index in [-0.39, 0.29) is 5.41 Å². The Morgan fingerprint density at radius 3 is 1.28 bits per heavy atom. The van der Waals surface area contributed by atoms with Gasteiger partial charge in [-0.25, -0.2) is 0 Å².